The summed E-state index contributed by atoms with van der Waals surface area (Å²) in [6, 6.07) is 24.4. The number of hydrogen-bond acceptors (Lipinski definition) is 3. The first-order valence-electron chi connectivity index (χ1n) is 9.34. The van der Waals surface area contributed by atoms with Gasteiger partial charge in [-0.1, -0.05) is 46.3 Å². The lowest BCUT2D eigenvalue weighted by molar-refractivity contribution is 0.303. The van der Waals surface area contributed by atoms with Gasteiger partial charge in [-0.3, -0.25) is 0 Å². The summed E-state index contributed by atoms with van der Waals surface area (Å²) in [4.78, 5) is 5.84. The molecule has 0 radical (unpaired) electrons. The number of benzene rings is 3. The largest absolute Gasteiger partial charge is 0.494 e. The minimum atomic E-state index is 0.697. The quantitative estimate of drug-likeness (QED) is 0.252. The summed E-state index contributed by atoms with van der Waals surface area (Å²) in [7, 11) is 0. The number of aryl methyl sites for hydroxylation is 1. The highest BCUT2D eigenvalue weighted by Gasteiger charge is 2.14. The van der Waals surface area contributed by atoms with Crippen LogP contribution in [0.5, 0.6) is 5.75 Å². The standard InChI is InChI=1S/C23H21BrN2OS/c24-20-8-2-1-7-19(20)23-25-21-9-3-4-10-22(21)26(23)15-5-6-16-27-17-11-13-18(28)14-12-17/h1-4,7-14,28H,5-6,15-16H2. The number of imidazole rings is 1. The van der Waals surface area contributed by atoms with Crippen LogP contribution in [0.1, 0.15) is 12.8 Å². The Hall–Kier alpha value is -2.24. The number of halogens is 1. The van der Waals surface area contributed by atoms with Crippen molar-refractivity contribution in [1.82, 2.24) is 9.55 Å². The molecule has 0 saturated heterocycles. The van der Waals surface area contributed by atoms with Crippen molar-refractivity contribution in [2.24, 2.45) is 0 Å². The van der Waals surface area contributed by atoms with Gasteiger partial charge in [0.25, 0.3) is 0 Å². The van der Waals surface area contributed by atoms with Crippen LogP contribution in [0.25, 0.3) is 22.4 Å². The molecule has 1 aromatic heterocycles. The van der Waals surface area contributed by atoms with Crippen molar-refractivity contribution in [3.63, 3.8) is 0 Å². The molecule has 4 rings (SSSR count). The van der Waals surface area contributed by atoms with Gasteiger partial charge >= 0.3 is 0 Å². The number of thiol groups is 1. The number of para-hydroxylation sites is 2. The fourth-order valence-corrected chi connectivity index (χ4v) is 3.87. The maximum Gasteiger partial charge on any atom is 0.142 e. The predicted molar refractivity (Wildman–Crippen MR) is 121 cm³/mol. The van der Waals surface area contributed by atoms with Gasteiger partial charge < -0.3 is 9.30 Å². The van der Waals surface area contributed by atoms with Gasteiger partial charge in [0.15, 0.2) is 0 Å². The number of unbranched alkanes of at least 4 members (excludes halogenated alkanes) is 1. The Kier molecular flexibility index (Phi) is 6.03. The molecule has 4 aromatic rings. The van der Waals surface area contributed by atoms with Crippen LogP contribution in [0, 0.1) is 0 Å². The van der Waals surface area contributed by atoms with Crippen molar-refractivity contribution in [1.29, 1.82) is 0 Å². The topological polar surface area (TPSA) is 27.1 Å². The molecule has 3 nitrogen and oxygen atoms in total. The van der Waals surface area contributed by atoms with Crippen molar-refractivity contribution < 1.29 is 4.74 Å². The zero-order valence-electron chi connectivity index (χ0n) is 15.4. The molecule has 3 aromatic carbocycles. The van der Waals surface area contributed by atoms with E-state index in [0.29, 0.717) is 6.61 Å². The average Bonchev–Trinajstić information content (AvgIpc) is 3.08. The van der Waals surface area contributed by atoms with Gasteiger partial charge in [-0.2, -0.15) is 0 Å². The van der Waals surface area contributed by atoms with Crippen molar-refractivity contribution in [2.75, 3.05) is 6.61 Å². The van der Waals surface area contributed by atoms with Gasteiger partial charge in [0.2, 0.25) is 0 Å². The molecule has 28 heavy (non-hydrogen) atoms. The van der Waals surface area contributed by atoms with Crippen molar-refractivity contribution in [3.8, 4) is 17.1 Å². The second kappa shape index (κ2) is 8.84. The summed E-state index contributed by atoms with van der Waals surface area (Å²) in [5.74, 6) is 1.89. The fourth-order valence-electron chi connectivity index (χ4n) is 3.25. The third-order valence-electron chi connectivity index (χ3n) is 4.65. The molecule has 0 aliphatic carbocycles. The van der Waals surface area contributed by atoms with E-state index in [1.165, 1.54) is 5.52 Å². The first kappa shape index (κ1) is 19.1. The lowest BCUT2D eigenvalue weighted by Gasteiger charge is -2.11. The van der Waals surface area contributed by atoms with E-state index in [9.17, 15) is 0 Å². The molecular weight excluding hydrogens is 432 g/mol. The molecule has 0 saturated carbocycles. The van der Waals surface area contributed by atoms with Gasteiger partial charge in [0, 0.05) is 21.5 Å². The second-order valence-electron chi connectivity index (χ2n) is 6.61. The van der Waals surface area contributed by atoms with Crippen LogP contribution in [-0.2, 0) is 6.54 Å². The highest BCUT2D eigenvalue weighted by Crippen LogP contribution is 2.30. The molecule has 0 fully saturated rings. The minimum absolute atomic E-state index is 0.697. The number of hydrogen-bond donors (Lipinski definition) is 1. The smallest absolute Gasteiger partial charge is 0.142 e. The summed E-state index contributed by atoms with van der Waals surface area (Å²) in [5.41, 5.74) is 3.30. The van der Waals surface area contributed by atoms with Crippen LogP contribution >= 0.6 is 28.6 Å². The molecular formula is C23H21BrN2OS. The van der Waals surface area contributed by atoms with Gasteiger partial charge in [-0.05, 0) is 55.3 Å². The molecule has 0 unspecified atom stereocenters. The molecule has 0 aliphatic rings. The highest BCUT2D eigenvalue weighted by molar-refractivity contribution is 9.10. The molecule has 0 spiro atoms. The van der Waals surface area contributed by atoms with E-state index in [1.54, 1.807) is 0 Å². The monoisotopic (exact) mass is 452 g/mol. The zero-order chi connectivity index (χ0) is 19.3. The fraction of sp³-hybridized carbons (Fsp3) is 0.174. The Labute approximate surface area is 178 Å². The predicted octanol–water partition coefficient (Wildman–Crippen LogP) is 6.61. The number of rotatable bonds is 7. The van der Waals surface area contributed by atoms with Crippen LogP contribution in [0.2, 0.25) is 0 Å². The van der Waals surface area contributed by atoms with Gasteiger partial charge in [-0.25, -0.2) is 4.98 Å². The zero-order valence-corrected chi connectivity index (χ0v) is 17.9. The van der Waals surface area contributed by atoms with Crippen molar-refractivity contribution >= 4 is 39.6 Å². The van der Waals surface area contributed by atoms with E-state index in [2.05, 4.69) is 63.5 Å². The minimum Gasteiger partial charge on any atom is -0.494 e. The third-order valence-corrected chi connectivity index (χ3v) is 5.64. The Balaban J connectivity index is 1.47. The molecule has 0 amide bonds. The average molecular weight is 453 g/mol. The van der Waals surface area contributed by atoms with Crippen LogP contribution < -0.4 is 4.74 Å². The summed E-state index contributed by atoms with van der Waals surface area (Å²) < 4.78 is 9.20. The van der Waals surface area contributed by atoms with E-state index in [1.807, 2.05) is 42.5 Å². The number of fused-ring (bicyclic) bond motifs is 1. The summed E-state index contributed by atoms with van der Waals surface area (Å²) >= 11 is 7.97. The maximum atomic E-state index is 5.84. The van der Waals surface area contributed by atoms with Crippen molar-refractivity contribution in [2.45, 2.75) is 24.3 Å². The summed E-state index contributed by atoms with van der Waals surface area (Å²) in [6.45, 7) is 1.60. The first-order valence-corrected chi connectivity index (χ1v) is 10.6. The van der Waals surface area contributed by atoms with E-state index in [4.69, 9.17) is 9.72 Å². The number of nitrogens with zero attached hydrogens (tertiary/aromatic N) is 2. The SMILES string of the molecule is Sc1ccc(OCCCCn2c(-c3ccccc3Br)nc3ccccc32)cc1. The van der Waals surface area contributed by atoms with Crippen LogP contribution in [0.3, 0.4) is 0 Å². The Morgan fingerprint density at radius 2 is 1.64 bits per heavy atom. The Bertz CT molecular complexity index is 1080. The van der Waals surface area contributed by atoms with E-state index >= 15 is 0 Å². The van der Waals surface area contributed by atoms with E-state index in [0.717, 1.165) is 51.4 Å². The maximum absolute atomic E-state index is 5.84. The van der Waals surface area contributed by atoms with Crippen LogP contribution in [0.15, 0.2) is 82.2 Å². The van der Waals surface area contributed by atoms with Crippen LogP contribution in [0.4, 0.5) is 0 Å². The number of aromatic nitrogens is 2. The molecule has 5 heteroatoms. The van der Waals surface area contributed by atoms with Gasteiger partial charge in [0.1, 0.15) is 11.6 Å². The normalized spacial score (nSPS) is 11.1. The molecule has 0 atom stereocenters. The van der Waals surface area contributed by atoms with Gasteiger partial charge in [0.05, 0.1) is 17.6 Å². The third kappa shape index (κ3) is 4.26. The van der Waals surface area contributed by atoms with Gasteiger partial charge in [-0.15, -0.1) is 12.6 Å². The summed E-state index contributed by atoms with van der Waals surface area (Å²) in [5, 5.41) is 0. The Morgan fingerprint density at radius 1 is 0.893 bits per heavy atom. The summed E-state index contributed by atoms with van der Waals surface area (Å²) in [6.07, 6.45) is 1.99. The van der Waals surface area contributed by atoms with Crippen molar-refractivity contribution in [3.05, 3.63) is 77.3 Å². The molecule has 1 heterocycles. The van der Waals surface area contributed by atoms with Crippen LogP contribution in [-0.4, -0.2) is 16.2 Å². The molecule has 0 bridgehead atoms. The molecule has 142 valence electrons. The number of ether oxygens (including phenoxy) is 1. The second-order valence-corrected chi connectivity index (χ2v) is 7.98. The molecule has 0 aliphatic heterocycles. The van der Waals surface area contributed by atoms with E-state index in [-0.39, 0.29) is 0 Å². The highest BCUT2D eigenvalue weighted by atomic mass is 79.9. The lowest BCUT2D eigenvalue weighted by atomic mass is 10.2. The first-order chi connectivity index (χ1) is 13.7. The van der Waals surface area contributed by atoms with E-state index < -0.39 is 0 Å². The lowest BCUT2D eigenvalue weighted by Crippen LogP contribution is -2.04. The molecule has 0 N–H and O–H groups in total. The Morgan fingerprint density at radius 3 is 2.46 bits per heavy atom.